The fourth-order valence-electron chi connectivity index (χ4n) is 3.63. The van der Waals surface area contributed by atoms with Crippen molar-refractivity contribution in [3.63, 3.8) is 0 Å². The van der Waals surface area contributed by atoms with Gasteiger partial charge in [0, 0.05) is 0 Å². The Morgan fingerprint density at radius 3 is 2.10 bits per heavy atom. The van der Waals surface area contributed by atoms with Gasteiger partial charge < -0.3 is 10.6 Å². The van der Waals surface area contributed by atoms with E-state index in [-0.39, 0.29) is 26.2 Å². The molecule has 2 aromatic carbocycles. The van der Waals surface area contributed by atoms with Gasteiger partial charge in [-0.1, -0.05) is 53.0 Å². The smallest absolute Gasteiger partial charge is 0.335 e. The fourth-order valence-corrected chi connectivity index (χ4v) is 4.24. The van der Waals surface area contributed by atoms with Crippen LogP contribution in [0.2, 0.25) is 15.1 Å². The topological polar surface area (TPSA) is 82.0 Å². The predicted octanol–water partition coefficient (Wildman–Crippen LogP) is 7.52. The van der Waals surface area contributed by atoms with Crippen LogP contribution < -0.4 is 10.6 Å². The molecule has 0 aliphatic heterocycles. The molecule has 0 heterocycles. The van der Waals surface area contributed by atoms with E-state index in [0.29, 0.717) is 25.0 Å². The molecule has 2 aromatic rings. The maximum atomic E-state index is 13.8. The van der Waals surface area contributed by atoms with E-state index in [1.165, 1.54) is 6.92 Å². The van der Waals surface area contributed by atoms with Crippen LogP contribution in [0.1, 0.15) is 52.7 Å². The summed E-state index contributed by atoms with van der Waals surface area (Å²) in [5.41, 5.74) is -4.08. The lowest BCUT2D eigenvalue weighted by Crippen LogP contribution is -2.48. The highest BCUT2D eigenvalue weighted by molar-refractivity contribution is 6.48. The van der Waals surface area contributed by atoms with Crippen molar-refractivity contribution in [3.05, 3.63) is 73.7 Å². The van der Waals surface area contributed by atoms with Crippen LogP contribution in [0.4, 0.5) is 26.3 Å². The summed E-state index contributed by atoms with van der Waals surface area (Å²) in [4.78, 5) is 24.7. The van der Waals surface area contributed by atoms with Crippen molar-refractivity contribution >= 4 is 52.7 Å². The number of nitriles is 1. The third-order valence-electron chi connectivity index (χ3n) is 5.89. The number of nitrogens with one attached hydrogen (secondary N) is 2. The Bertz CT molecular complexity index is 1340. The van der Waals surface area contributed by atoms with Crippen molar-refractivity contribution in [2.24, 2.45) is 5.41 Å². The average Bonchev–Trinajstić information content (AvgIpc) is 3.62. The van der Waals surface area contributed by atoms with E-state index < -0.39 is 52.8 Å². The van der Waals surface area contributed by atoms with Crippen molar-refractivity contribution < 1.29 is 35.9 Å². The number of benzene rings is 2. The van der Waals surface area contributed by atoms with Gasteiger partial charge in [-0.25, -0.2) is 0 Å². The van der Waals surface area contributed by atoms with Crippen LogP contribution >= 0.6 is 34.8 Å². The normalized spacial score (nSPS) is 16.3. The van der Waals surface area contributed by atoms with Crippen molar-refractivity contribution in [1.82, 2.24) is 10.6 Å². The molecular formula is C25H18Cl3F6N3O2. The van der Waals surface area contributed by atoms with Crippen molar-refractivity contribution in [2.75, 3.05) is 0 Å². The zero-order valence-corrected chi connectivity index (χ0v) is 22.0. The summed E-state index contributed by atoms with van der Waals surface area (Å²) in [5.74, 6) is -4.13. The first-order chi connectivity index (χ1) is 18.0. The number of hydrogen-bond donors (Lipinski definition) is 2. The van der Waals surface area contributed by atoms with E-state index in [4.69, 9.17) is 40.1 Å². The van der Waals surface area contributed by atoms with Gasteiger partial charge in [0.05, 0.1) is 44.3 Å². The first kappa shape index (κ1) is 30.6. The number of nitrogens with zero attached hydrogens (tertiary/aromatic N) is 1. The monoisotopic (exact) mass is 611 g/mol. The van der Waals surface area contributed by atoms with Crippen molar-refractivity contribution in [3.8, 4) is 6.07 Å². The highest BCUT2D eigenvalue weighted by atomic mass is 35.5. The molecule has 2 N–H and O–H groups in total. The van der Waals surface area contributed by atoms with Gasteiger partial charge in [-0.2, -0.15) is 31.6 Å². The average molecular weight is 613 g/mol. The minimum Gasteiger partial charge on any atom is -0.335 e. The second kappa shape index (κ2) is 11.3. The van der Waals surface area contributed by atoms with Crippen LogP contribution in [0.25, 0.3) is 6.08 Å². The molecule has 1 unspecified atom stereocenters. The van der Waals surface area contributed by atoms with E-state index >= 15 is 0 Å². The summed E-state index contributed by atoms with van der Waals surface area (Å²) in [5, 5.41) is 13.0. The second-order valence-corrected chi connectivity index (χ2v) is 10.0. The van der Waals surface area contributed by atoms with E-state index in [2.05, 4.69) is 10.6 Å². The SMILES string of the molecule is C[C@@H](NC(=O)c1ccc(C=CC(c2cc(Cl)c(Cl)c(Cl)c2)C(F)(F)F)cc1C(F)(F)F)NC(=O)C1(C#N)CC1. The van der Waals surface area contributed by atoms with Gasteiger partial charge in [0.1, 0.15) is 5.41 Å². The van der Waals surface area contributed by atoms with Gasteiger partial charge in [-0.05, 0) is 55.2 Å². The number of allylic oxidation sites excluding steroid dienone is 1. The van der Waals surface area contributed by atoms with E-state index in [0.717, 1.165) is 30.3 Å². The van der Waals surface area contributed by atoms with Crippen LogP contribution in [0.15, 0.2) is 36.4 Å². The molecule has 1 aliphatic rings. The van der Waals surface area contributed by atoms with Gasteiger partial charge in [-0.15, -0.1) is 0 Å². The largest absolute Gasteiger partial charge is 0.417 e. The quantitative estimate of drug-likeness (QED) is 0.193. The Labute approximate surface area is 233 Å². The molecule has 1 saturated carbocycles. The first-order valence-electron chi connectivity index (χ1n) is 11.1. The van der Waals surface area contributed by atoms with Gasteiger partial charge in [0.25, 0.3) is 5.91 Å². The molecule has 1 fully saturated rings. The molecule has 39 heavy (non-hydrogen) atoms. The molecule has 1 aliphatic carbocycles. The number of halogens is 9. The first-order valence-corrected chi connectivity index (χ1v) is 12.3. The molecule has 208 valence electrons. The zero-order valence-electron chi connectivity index (χ0n) is 19.8. The fraction of sp³-hybridized carbons (Fsp3) is 0.320. The number of carbonyl (C=O) groups is 2. The summed E-state index contributed by atoms with van der Waals surface area (Å²) >= 11 is 17.5. The molecule has 3 rings (SSSR count). The molecule has 14 heteroatoms. The third-order valence-corrected chi connectivity index (χ3v) is 7.08. The summed E-state index contributed by atoms with van der Waals surface area (Å²) in [6.07, 6.45) is -8.89. The second-order valence-electron chi connectivity index (χ2n) is 8.84. The Kier molecular flexibility index (Phi) is 8.85. The summed E-state index contributed by atoms with van der Waals surface area (Å²) < 4.78 is 82.7. The lowest BCUT2D eigenvalue weighted by Gasteiger charge is -2.20. The van der Waals surface area contributed by atoms with Crippen molar-refractivity contribution in [2.45, 2.75) is 44.2 Å². The molecule has 5 nitrogen and oxygen atoms in total. The highest BCUT2D eigenvalue weighted by Crippen LogP contribution is 2.45. The minimum atomic E-state index is -5.04. The summed E-state index contributed by atoms with van der Waals surface area (Å²) in [6, 6.07) is 6.13. The van der Waals surface area contributed by atoms with Crippen LogP contribution in [-0.4, -0.2) is 24.2 Å². The Balaban J connectivity index is 1.87. The number of rotatable bonds is 7. The number of hydrogen-bond acceptors (Lipinski definition) is 3. The third kappa shape index (κ3) is 7.18. The van der Waals surface area contributed by atoms with Crippen LogP contribution in [0.5, 0.6) is 0 Å². The Hall–Kier alpha value is -2.94. The molecule has 0 saturated heterocycles. The molecule has 0 aromatic heterocycles. The standard InChI is InChI=1S/C25H18Cl3F6N3O2/c1-12(37-22(39)23(11-35)6-7-23)36-21(38)15-4-2-13(8-17(15)25(32,33)34)3-5-16(24(29,30)31)14-9-18(26)20(28)19(27)10-14/h2-5,8-10,12,16H,6-7H2,1H3,(H,36,38)(H,37,39)/t12-,16?/m0/s1. The zero-order chi connectivity index (χ0) is 29.3. The van der Waals surface area contributed by atoms with E-state index in [1.807, 2.05) is 6.07 Å². The Morgan fingerprint density at radius 1 is 1.03 bits per heavy atom. The lowest BCUT2D eigenvalue weighted by atomic mass is 9.96. The minimum absolute atomic E-state index is 0.151. The van der Waals surface area contributed by atoms with Crippen molar-refractivity contribution in [1.29, 1.82) is 5.26 Å². The van der Waals surface area contributed by atoms with Crippen LogP contribution in [0, 0.1) is 16.7 Å². The van der Waals surface area contributed by atoms with E-state index in [9.17, 15) is 35.9 Å². The molecule has 2 amide bonds. The van der Waals surface area contributed by atoms with Crippen LogP contribution in [-0.2, 0) is 11.0 Å². The van der Waals surface area contributed by atoms with Crippen LogP contribution in [0.3, 0.4) is 0 Å². The summed E-state index contributed by atoms with van der Waals surface area (Å²) in [6.45, 7) is 1.31. The number of amides is 2. The number of carbonyl (C=O) groups excluding carboxylic acids is 2. The highest BCUT2D eigenvalue weighted by Gasteiger charge is 2.51. The maximum Gasteiger partial charge on any atom is 0.417 e. The van der Waals surface area contributed by atoms with Gasteiger partial charge >= 0.3 is 12.4 Å². The predicted molar refractivity (Wildman–Crippen MR) is 133 cm³/mol. The molecule has 2 atom stereocenters. The molecule has 0 radical (unpaired) electrons. The van der Waals surface area contributed by atoms with E-state index in [1.54, 1.807) is 0 Å². The van der Waals surface area contributed by atoms with Gasteiger partial charge in [-0.3, -0.25) is 9.59 Å². The maximum absolute atomic E-state index is 13.8. The summed E-state index contributed by atoms with van der Waals surface area (Å²) in [7, 11) is 0. The molecule has 0 bridgehead atoms. The van der Waals surface area contributed by atoms with Gasteiger partial charge in [0.15, 0.2) is 0 Å². The Morgan fingerprint density at radius 2 is 1.62 bits per heavy atom. The lowest BCUT2D eigenvalue weighted by molar-refractivity contribution is -0.139. The molecule has 0 spiro atoms. The molecular weight excluding hydrogens is 595 g/mol. The van der Waals surface area contributed by atoms with Gasteiger partial charge in [0.2, 0.25) is 5.91 Å². The number of alkyl halides is 6.